The molecule has 1 aliphatic heterocycles. The quantitative estimate of drug-likeness (QED) is 0.222. The third kappa shape index (κ3) is 3.12. The fourth-order valence-corrected chi connectivity index (χ4v) is 9.63. The lowest BCUT2D eigenvalue weighted by atomic mass is 9.40. The van der Waals surface area contributed by atoms with E-state index >= 15 is 0 Å². The molecule has 0 aromatic heterocycles. The van der Waals surface area contributed by atoms with Gasteiger partial charge in [-0.3, -0.25) is 9.59 Å². The predicted octanol–water partition coefficient (Wildman–Crippen LogP) is 2.22. The summed E-state index contributed by atoms with van der Waals surface area (Å²) in [6.07, 6.45) is 3.86. The number of hydrogen-bond donors (Lipinski definition) is 3. The minimum Gasteiger partial charge on any atom is -0.515 e. The molecule has 2 bridgehead atoms. The van der Waals surface area contributed by atoms with E-state index in [-0.39, 0.29) is 48.2 Å². The monoisotopic (exact) mass is 506 g/mol. The normalized spacial score (nSPS) is 51.6. The van der Waals surface area contributed by atoms with E-state index in [4.69, 9.17) is 14.2 Å². The minimum atomic E-state index is -1.49. The van der Waals surface area contributed by atoms with Crippen molar-refractivity contribution in [3.05, 3.63) is 12.3 Å². The zero-order chi connectivity index (χ0) is 26.1. The SMILES string of the molecule is CO[C@H]1O[C@]23CC[C@H]([C@H]1C(=O)C=CO)[C@@]2(C)CC[C@H]1[C@H]3CC[C@]2(O)C[C@@H](O)C[C@@H](OC(C)=O)[C@]12C=O. The van der Waals surface area contributed by atoms with Gasteiger partial charge in [-0.1, -0.05) is 6.92 Å². The number of aldehydes is 1. The van der Waals surface area contributed by atoms with E-state index in [1.54, 1.807) is 0 Å². The maximum atomic E-state index is 13.1. The Hall–Kier alpha value is -1.81. The second-order valence-corrected chi connectivity index (χ2v) is 12.0. The molecule has 200 valence electrons. The first-order chi connectivity index (χ1) is 17.0. The molecule has 5 aliphatic rings. The number of hydrogen-bond acceptors (Lipinski definition) is 9. The van der Waals surface area contributed by atoms with Crippen LogP contribution < -0.4 is 0 Å². The van der Waals surface area contributed by atoms with Gasteiger partial charge in [-0.15, -0.1) is 0 Å². The first-order valence-electron chi connectivity index (χ1n) is 13.1. The van der Waals surface area contributed by atoms with Crippen LogP contribution in [0.5, 0.6) is 0 Å². The molecule has 11 atom stereocenters. The summed E-state index contributed by atoms with van der Waals surface area (Å²) in [5.41, 5.74) is -3.88. The van der Waals surface area contributed by atoms with Crippen LogP contribution in [0.3, 0.4) is 0 Å². The molecule has 9 heteroatoms. The summed E-state index contributed by atoms with van der Waals surface area (Å²) < 4.78 is 18.2. The zero-order valence-electron chi connectivity index (χ0n) is 21.2. The molecule has 4 saturated carbocycles. The van der Waals surface area contributed by atoms with Gasteiger partial charge in [-0.25, -0.2) is 0 Å². The van der Waals surface area contributed by atoms with E-state index in [2.05, 4.69) is 6.92 Å². The summed E-state index contributed by atoms with van der Waals surface area (Å²) in [5.74, 6) is -1.79. The molecular weight excluding hydrogens is 468 g/mol. The van der Waals surface area contributed by atoms with Crippen LogP contribution >= 0.6 is 0 Å². The molecule has 0 amide bonds. The Bertz CT molecular complexity index is 965. The summed E-state index contributed by atoms with van der Waals surface area (Å²) in [6, 6.07) is 0. The molecule has 5 rings (SSSR count). The third-order valence-corrected chi connectivity index (χ3v) is 10.9. The number of methoxy groups -OCH3 is 1. The van der Waals surface area contributed by atoms with Gasteiger partial charge < -0.3 is 34.3 Å². The maximum absolute atomic E-state index is 13.1. The van der Waals surface area contributed by atoms with Crippen LogP contribution in [0.25, 0.3) is 0 Å². The van der Waals surface area contributed by atoms with Gasteiger partial charge in [0.15, 0.2) is 12.1 Å². The lowest BCUT2D eigenvalue weighted by Gasteiger charge is -2.68. The zero-order valence-corrected chi connectivity index (χ0v) is 21.2. The van der Waals surface area contributed by atoms with Crippen molar-refractivity contribution in [3.8, 4) is 0 Å². The van der Waals surface area contributed by atoms with Gasteiger partial charge in [0.05, 0.1) is 34.9 Å². The Morgan fingerprint density at radius 2 is 1.78 bits per heavy atom. The van der Waals surface area contributed by atoms with Crippen LogP contribution in [0, 0.1) is 34.5 Å². The number of ketones is 1. The number of esters is 1. The topological polar surface area (TPSA) is 140 Å². The highest BCUT2D eigenvalue weighted by molar-refractivity contribution is 5.92. The first kappa shape index (κ1) is 25.8. The molecule has 5 fully saturated rings. The second-order valence-electron chi connectivity index (χ2n) is 12.0. The molecule has 0 aromatic carbocycles. The smallest absolute Gasteiger partial charge is 0.302 e. The van der Waals surface area contributed by atoms with Crippen molar-refractivity contribution in [2.75, 3.05) is 7.11 Å². The lowest BCUT2D eigenvalue weighted by Crippen LogP contribution is -2.74. The predicted molar refractivity (Wildman–Crippen MR) is 125 cm³/mol. The van der Waals surface area contributed by atoms with Crippen molar-refractivity contribution in [3.63, 3.8) is 0 Å². The molecular formula is C27H38O9. The average molecular weight is 507 g/mol. The van der Waals surface area contributed by atoms with E-state index < -0.39 is 47.0 Å². The van der Waals surface area contributed by atoms with Gasteiger partial charge in [0, 0.05) is 38.4 Å². The molecule has 1 heterocycles. The summed E-state index contributed by atoms with van der Waals surface area (Å²) in [7, 11) is 1.51. The molecule has 1 saturated heterocycles. The number of aliphatic hydroxyl groups is 3. The minimum absolute atomic E-state index is 0.0220. The number of carbonyl (C=O) groups excluding carboxylic acids is 3. The molecule has 0 unspecified atom stereocenters. The molecule has 36 heavy (non-hydrogen) atoms. The number of rotatable bonds is 5. The number of aliphatic hydroxyl groups excluding tert-OH is 2. The van der Waals surface area contributed by atoms with Crippen molar-refractivity contribution >= 4 is 18.0 Å². The molecule has 9 nitrogen and oxygen atoms in total. The van der Waals surface area contributed by atoms with E-state index in [1.807, 2.05) is 0 Å². The van der Waals surface area contributed by atoms with E-state index in [0.29, 0.717) is 25.7 Å². The molecule has 0 aromatic rings. The Labute approximate surface area is 211 Å². The molecule has 3 N–H and O–H groups in total. The van der Waals surface area contributed by atoms with Crippen molar-refractivity contribution in [2.24, 2.45) is 34.5 Å². The van der Waals surface area contributed by atoms with Gasteiger partial charge in [0.2, 0.25) is 0 Å². The van der Waals surface area contributed by atoms with Gasteiger partial charge in [0.1, 0.15) is 12.4 Å². The molecule has 0 spiro atoms. The van der Waals surface area contributed by atoms with E-state index in [1.165, 1.54) is 20.1 Å². The fourth-order valence-electron chi connectivity index (χ4n) is 9.63. The van der Waals surface area contributed by atoms with Crippen LogP contribution in [-0.2, 0) is 28.6 Å². The summed E-state index contributed by atoms with van der Waals surface area (Å²) in [4.78, 5) is 38.1. The molecule has 0 radical (unpaired) electrons. The van der Waals surface area contributed by atoms with E-state index in [0.717, 1.165) is 19.0 Å². The first-order valence-corrected chi connectivity index (χ1v) is 13.1. The standard InChI is InChI=1S/C27H38O9/c1-15(30)35-21-12-16(31)13-25(33)9-5-18-17(26(21,25)14-29)4-8-24(2)19-6-10-27(18,24)36-23(34-3)22(19)20(32)7-11-28/h7,11,14,16-19,21-23,28,31,33H,4-6,8-10,12-13H2,1-3H3/t16-,17-,18+,19+,21+,22-,23-,24+,25-,26-,27-/m0/s1. The van der Waals surface area contributed by atoms with Crippen LogP contribution in [0.1, 0.15) is 65.2 Å². The Kier molecular flexibility index (Phi) is 6.18. The van der Waals surface area contributed by atoms with Crippen LogP contribution in [0.2, 0.25) is 0 Å². The van der Waals surface area contributed by atoms with Gasteiger partial charge in [-0.2, -0.15) is 0 Å². The lowest BCUT2D eigenvalue weighted by molar-refractivity contribution is -0.343. The highest BCUT2D eigenvalue weighted by atomic mass is 16.7. The maximum Gasteiger partial charge on any atom is 0.302 e. The van der Waals surface area contributed by atoms with Gasteiger partial charge in [-0.05, 0) is 56.3 Å². The van der Waals surface area contributed by atoms with Crippen molar-refractivity contribution in [1.29, 1.82) is 0 Å². The Morgan fingerprint density at radius 3 is 2.42 bits per heavy atom. The van der Waals surface area contributed by atoms with E-state index in [9.17, 15) is 29.7 Å². The van der Waals surface area contributed by atoms with Crippen LogP contribution in [0.4, 0.5) is 0 Å². The summed E-state index contributed by atoms with van der Waals surface area (Å²) in [5, 5.41) is 31.7. The number of fused-ring (bicyclic) bond motifs is 3. The van der Waals surface area contributed by atoms with Gasteiger partial charge in [0.25, 0.3) is 0 Å². The van der Waals surface area contributed by atoms with Crippen LogP contribution in [0.15, 0.2) is 12.3 Å². The van der Waals surface area contributed by atoms with Crippen LogP contribution in [-0.4, -0.2) is 70.2 Å². The summed E-state index contributed by atoms with van der Waals surface area (Å²) >= 11 is 0. The summed E-state index contributed by atoms with van der Waals surface area (Å²) in [6.45, 7) is 3.45. The second kappa shape index (κ2) is 8.61. The van der Waals surface area contributed by atoms with Crippen molar-refractivity contribution < 1.29 is 43.9 Å². The highest BCUT2D eigenvalue weighted by Gasteiger charge is 2.77. The molecule has 4 aliphatic carbocycles. The Morgan fingerprint density at radius 1 is 1.08 bits per heavy atom. The average Bonchev–Trinajstić information content (AvgIpc) is 2.98. The highest BCUT2D eigenvalue weighted by Crippen LogP contribution is 2.73. The Balaban J connectivity index is 1.59. The van der Waals surface area contributed by atoms with Crippen molar-refractivity contribution in [1.82, 2.24) is 0 Å². The third-order valence-electron chi connectivity index (χ3n) is 10.9. The number of allylic oxidation sites excluding steroid dienone is 1. The largest absolute Gasteiger partial charge is 0.515 e. The number of ether oxygens (including phenoxy) is 3. The van der Waals surface area contributed by atoms with Crippen molar-refractivity contribution in [2.45, 2.75) is 94.9 Å². The fraction of sp³-hybridized carbons (Fsp3) is 0.815. The van der Waals surface area contributed by atoms with Gasteiger partial charge >= 0.3 is 5.97 Å². The number of carbonyl (C=O) groups is 3.